The summed E-state index contributed by atoms with van der Waals surface area (Å²) in [6, 6.07) is 10.2. The third-order valence-electron chi connectivity index (χ3n) is 7.85. The van der Waals surface area contributed by atoms with Crippen molar-refractivity contribution in [3.63, 3.8) is 0 Å². The van der Waals surface area contributed by atoms with Crippen LogP contribution >= 0.6 is 0 Å². The van der Waals surface area contributed by atoms with Crippen molar-refractivity contribution in [1.82, 2.24) is 10.6 Å². The van der Waals surface area contributed by atoms with E-state index in [0.29, 0.717) is 53.6 Å². The normalized spacial score (nSPS) is 20.7. The summed E-state index contributed by atoms with van der Waals surface area (Å²) >= 11 is 0. The molecule has 2 heterocycles. The van der Waals surface area contributed by atoms with Gasteiger partial charge < -0.3 is 55.8 Å². The number of carbonyl (C=O) groups excluding carboxylic acids is 2. The molecule has 258 valence electrons. The number of carbonyl (C=O) groups is 3. The molecule has 2 aromatic carbocycles. The van der Waals surface area contributed by atoms with E-state index in [1.807, 2.05) is 0 Å². The topological polar surface area (TPSA) is 254 Å². The number of nitrogens with one attached hydrogen (secondary N) is 2. The molecule has 3 aromatic rings. The molecule has 0 saturated carbocycles. The first-order valence-corrected chi connectivity index (χ1v) is 15.3. The van der Waals surface area contributed by atoms with Gasteiger partial charge in [0.25, 0.3) is 0 Å². The number of benzene rings is 2. The van der Waals surface area contributed by atoms with E-state index in [4.69, 9.17) is 19.6 Å². The number of nitrogen functional groups attached to an aromatic ring is 1. The summed E-state index contributed by atoms with van der Waals surface area (Å²) in [5.41, 5.74) is 7.19. The average molecular weight is 708 g/mol. The quantitative estimate of drug-likeness (QED) is 0.0221. The van der Waals surface area contributed by atoms with Gasteiger partial charge in [-0.25, -0.2) is 9.59 Å². The number of aliphatic carboxylic acids is 1. The third kappa shape index (κ3) is 11.1. The van der Waals surface area contributed by atoms with E-state index >= 15 is 0 Å². The molecule has 1 aliphatic heterocycles. The average Bonchev–Trinajstić information content (AvgIpc) is 3.04. The summed E-state index contributed by atoms with van der Waals surface area (Å²) < 4.78 is 16.1. The number of fused-ring (bicyclic) bond motifs is 1. The van der Waals surface area contributed by atoms with Crippen molar-refractivity contribution in [3.05, 3.63) is 75.3 Å². The minimum Gasteiger partial charge on any atom is -0.872 e. The van der Waals surface area contributed by atoms with Gasteiger partial charge in [0.2, 0.25) is 23.9 Å². The van der Waals surface area contributed by atoms with E-state index in [0.717, 1.165) is 6.08 Å². The fourth-order valence-electron chi connectivity index (χ4n) is 5.13. The molecule has 0 spiro atoms. The van der Waals surface area contributed by atoms with Crippen molar-refractivity contribution in [2.45, 2.75) is 69.7 Å². The van der Waals surface area contributed by atoms with Crippen molar-refractivity contribution in [3.8, 4) is 5.75 Å². The Hall–Kier alpha value is -3.32. The smallest absolute Gasteiger partial charge is 0.872 e. The van der Waals surface area contributed by atoms with Crippen LogP contribution in [0.25, 0.3) is 17.0 Å². The molecular formula is C33H38KN3O12. The Kier molecular flexibility index (Phi) is 15.2. The standard InChI is InChI=1S/C33H39N3O12.K/c1-17-21-11-8-19(34)14-23(21)46-32(45)22(17)15-27(39)35-12-4-2-3-5-26(38)36-16-25-28(40)29(41)30(42)33(48-25)47-24(31(43)44)13-18-6-9-20(37)10-7-18;/h6-11,13-14,25,28-30,33,37,40-42H,2-5,12,15-16,34H2,1H3,(H,35,39)(H,36,38)(H,43,44);/q;+1/p-1/b24-13-;/t25-,28+,29+,30-,33-;/m1./s1. The summed E-state index contributed by atoms with van der Waals surface area (Å²) in [6.45, 7) is 1.80. The van der Waals surface area contributed by atoms with E-state index in [2.05, 4.69) is 10.6 Å². The van der Waals surface area contributed by atoms with Gasteiger partial charge >= 0.3 is 63.0 Å². The molecule has 0 unspecified atom stereocenters. The predicted molar refractivity (Wildman–Crippen MR) is 169 cm³/mol. The van der Waals surface area contributed by atoms with Crippen LogP contribution in [0.4, 0.5) is 5.69 Å². The van der Waals surface area contributed by atoms with Gasteiger partial charge in [-0.1, -0.05) is 30.7 Å². The first kappa shape index (κ1) is 40.1. The minimum atomic E-state index is -1.81. The van der Waals surface area contributed by atoms with E-state index < -0.39 is 48.1 Å². The second-order valence-electron chi connectivity index (χ2n) is 11.4. The molecule has 49 heavy (non-hydrogen) atoms. The maximum atomic E-state index is 12.5. The van der Waals surface area contributed by atoms with Crippen LogP contribution in [0.2, 0.25) is 0 Å². The zero-order chi connectivity index (χ0) is 35.0. The Morgan fingerprint density at radius 1 is 0.980 bits per heavy atom. The number of rotatable bonds is 14. The van der Waals surface area contributed by atoms with Crippen LogP contribution in [0.5, 0.6) is 5.75 Å². The molecule has 1 saturated heterocycles. The molecule has 0 bridgehead atoms. The number of hydrogen-bond donors (Lipinski definition) is 7. The van der Waals surface area contributed by atoms with E-state index in [-0.39, 0.29) is 93.9 Å². The molecule has 4 rings (SSSR count). The van der Waals surface area contributed by atoms with Crippen molar-refractivity contribution in [2.75, 3.05) is 18.8 Å². The number of ether oxygens (including phenoxy) is 2. The first-order valence-electron chi connectivity index (χ1n) is 15.3. The number of aliphatic hydroxyl groups excluding tert-OH is 3. The van der Waals surface area contributed by atoms with Gasteiger partial charge in [-0.2, -0.15) is 0 Å². The SMILES string of the molecule is Cc1c(CC(=O)NCCCCCC(=O)NC[C@H]2O[C@@H](O/C(=C\c3ccc([O-])cc3)C(=O)O)[C@H](O)[C@@H](O)[C@H]2O)c(=O)oc2cc(N)ccc12.[K+]. The van der Waals surface area contributed by atoms with Crippen molar-refractivity contribution >= 4 is 40.5 Å². The molecule has 1 aromatic heterocycles. The van der Waals surface area contributed by atoms with Crippen LogP contribution in [0, 0.1) is 6.92 Å². The summed E-state index contributed by atoms with van der Waals surface area (Å²) in [6.07, 6.45) is -5.44. The van der Waals surface area contributed by atoms with Gasteiger partial charge in [0.15, 0.2) is 0 Å². The van der Waals surface area contributed by atoms with Crippen molar-refractivity contribution in [2.24, 2.45) is 0 Å². The number of amides is 2. The molecule has 5 atom stereocenters. The van der Waals surface area contributed by atoms with E-state index in [9.17, 15) is 44.7 Å². The number of hydrogen-bond acceptors (Lipinski definition) is 12. The number of nitrogens with two attached hydrogens (primary N) is 1. The zero-order valence-corrected chi connectivity index (χ0v) is 30.2. The predicted octanol–water partition coefficient (Wildman–Crippen LogP) is -2.95. The molecule has 1 fully saturated rings. The number of carboxylic acids is 1. The Balaban J connectivity index is 0.00000650. The summed E-state index contributed by atoms with van der Waals surface area (Å²) in [5, 5.41) is 57.9. The summed E-state index contributed by atoms with van der Waals surface area (Å²) in [7, 11) is 0. The zero-order valence-electron chi connectivity index (χ0n) is 27.1. The van der Waals surface area contributed by atoms with Gasteiger partial charge in [0.05, 0.1) is 12.0 Å². The molecular weight excluding hydrogens is 669 g/mol. The van der Waals surface area contributed by atoms with Crippen LogP contribution in [-0.2, 0) is 30.3 Å². The van der Waals surface area contributed by atoms with E-state index in [1.54, 1.807) is 25.1 Å². The van der Waals surface area contributed by atoms with Gasteiger partial charge in [-0.05, 0) is 49.1 Å². The van der Waals surface area contributed by atoms with Gasteiger partial charge in [-0.15, -0.1) is 5.75 Å². The molecule has 8 N–H and O–H groups in total. The maximum Gasteiger partial charge on any atom is 1.00 e. The van der Waals surface area contributed by atoms with E-state index in [1.165, 1.54) is 24.3 Å². The molecule has 1 aliphatic rings. The van der Waals surface area contributed by atoms with Crippen LogP contribution in [0.3, 0.4) is 0 Å². The molecule has 15 nitrogen and oxygen atoms in total. The second-order valence-corrected chi connectivity index (χ2v) is 11.4. The maximum absolute atomic E-state index is 12.5. The Morgan fingerprint density at radius 2 is 1.69 bits per heavy atom. The Labute approximate surface area is 323 Å². The summed E-state index contributed by atoms with van der Waals surface area (Å²) in [5.74, 6) is -3.18. The fourth-order valence-corrected chi connectivity index (χ4v) is 5.13. The number of unbranched alkanes of at least 4 members (excludes halogenated alkanes) is 2. The van der Waals surface area contributed by atoms with Gasteiger partial charge in [-0.3, -0.25) is 9.59 Å². The van der Waals surface area contributed by atoms with Crippen LogP contribution in [0.1, 0.15) is 42.4 Å². The van der Waals surface area contributed by atoms with Crippen molar-refractivity contribution in [1.29, 1.82) is 0 Å². The number of anilines is 1. The number of aliphatic hydroxyl groups is 3. The number of carboxylic acid groups (broad SMARTS) is 1. The summed E-state index contributed by atoms with van der Waals surface area (Å²) in [4.78, 5) is 49.1. The van der Waals surface area contributed by atoms with Crippen molar-refractivity contribution < 1.29 is 105 Å². The van der Waals surface area contributed by atoms with Crippen LogP contribution < -0.4 is 78.5 Å². The fraction of sp³-hybridized carbons (Fsp3) is 0.394. The number of aryl methyl sites for hydroxylation is 1. The molecule has 0 radical (unpaired) electrons. The molecule has 16 heteroatoms. The molecule has 0 aliphatic carbocycles. The first-order chi connectivity index (χ1) is 22.8. The third-order valence-corrected chi connectivity index (χ3v) is 7.85. The Morgan fingerprint density at radius 3 is 2.39 bits per heavy atom. The monoisotopic (exact) mass is 707 g/mol. The van der Waals surface area contributed by atoms with Crippen LogP contribution in [-0.4, -0.2) is 82.0 Å². The van der Waals surface area contributed by atoms with Crippen LogP contribution in [0.15, 0.2) is 57.4 Å². The van der Waals surface area contributed by atoms with Gasteiger partial charge in [0.1, 0.15) is 30.0 Å². The second kappa shape index (κ2) is 18.6. The minimum absolute atomic E-state index is 0. The Bertz CT molecular complexity index is 1710. The molecule has 2 amide bonds. The van der Waals surface area contributed by atoms with Gasteiger partial charge in [0, 0.05) is 36.7 Å². The largest absolute Gasteiger partial charge is 1.00 e.